The summed E-state index contributed by atoms with van der Waals surface area (Å²) in [6.45, 7) is -0.0309. The van der Waals surface area contributed by atoms with Gasteiger partial charge in [0.2, 0.25) is 5.78 Å². The molecule has 0 aliphatic heterocycles. The van der Waals surface area contributed by atoms with Crippen LogP contribution in [0.4, 0.5) is 0 Å². The molecule has 0 saturated heterocycles. The Hall–Kier alpha value is -1.75. The minimum Gasteiger partial charge on any atom is -0.493 e. The van der Waals surface area contributed by atoms with Gasteiger partial charge in [0.1, 0.15) is 0 Å². The average molecular weight is 324 g/mol. The van der Waals surface area contributed by atoms with Gasteiger partial charge >= 0.3 is 0 Å². The lowest BCUT2D eigenvalue weighted by Crippen LogP contribution is -2.15. The fraction of sp³-hybridized carbons (Fsp3) is 0.214. The number of carbonyl (C=O) groups is 1. The molecule has 4 nitrogen and oxygen atoms in total. The largest absolute Gasteiger partial charge is 0.493 e. The number of Topliss-reactive ketones (excluding diaryl/α,β-unsaturated/α-hetero) is 1. The Kier molecular flexibility index (Phi) is 4.27. The maximum atomic E-state index is 12.0. The van der Waals surface area contributed by atoms with Crippen molar-refractivity contribution in [3.8, 4) is 11.5 Å². The molecule has 2 aromatic rings. The number of carbonyl (C=O) groups excluding carboxylic acids is 1. The molecule has 1 heterocycles. The molecule has 2 rings (SSSR count). The van der Waals surface area contributed by atoms with Crippen LogP contribution in [0.25, 0.3) is 0 Å². The molecule has 0 N–H and O–H groups in total. The summed E-state index contributed by atoms with van der Waals surface area (Å²) in [6.07, 6.45) is 1.83. The van der Waals surface area contributed by atoms with Gasteiger partial charge in [-0.15, -0.1) is 0 Å². The van der Waals surface area contributed by atoms with Gasteiger partial charge in [-0.05, 0) is 40.2 Å². The third-order valence-electron chi connectivity index (χ3n) is 2.73. The van der Waals surface area contributed by atoms with E-state index in [4.69, 9.17) is 9.47 Å². The summed E-state index contributed by atoms with van der Waals surface area (Å²) in [5.74, 6) is 1.05. The van der Waals surface area contributed by atoms with Gasteiger partial charge in [0.05, 0.1) is 17.3 Å². The molecule has 5 heteroatoms. The van der Waals surface area contributed by atoms with Crippen LogP contribution in [0.5, 0.6) is 11.5 Å². The maximum Gasteiger partial charge on any atom is 0.216 e. The number of hydrogen-bond donors (Lipinski definition) is 0. The fourth-order valence-corrected chi connectivity index (χ4v) is 2.21. The molecule has 0 aliphatic rings. The second-order valence-corrected chi connectivity index (χ2v) is 4.84. The Morgan fingerprint density at radius 1 is 1.32 bits per heavy atom. The number of nitrogens with zero attached hydrogens (tertiary/aromatic N) is 1. The molecule has 0 fully saturated rings. The zero-order valence-electron chi connectivity index (χ0n) is 10.7. The van der Waals surface area contributed by atoms with Crippen molar-refractivity contribution in [1.82, 2.24) is 4.57 Å². The summed E-state index contributed by atoms with van der Waals surface area (Å²) in [6, 6.07) is 9.06. The summed E-state index contributed by atoms with van der Waals surface area (Å²) < 4.78 is 13.3. The molecule has 1 aromatic carbocycles. The van der Waals surface area contributed by atoms with Crippen LogP contribution < -0.4 is 9.47 Å². The van der Waals surface area contributed by atoms with E-state index in [0.717, 1.165) is 4.47 Å². The molecule has 0 amide bonds. The average Bonchev–Trinajstić information content (AvgIpc) is 2.83. The quantitative estimate of drug-likeness (QED) is 0.794. The van der Waals surface area contributed by atoms with Crippen molar-refractivity contribution in [1.29, 1.82) is 0 Å². The van der Waals surface area contributed by atoms with Crippen molar-refractivity contribution in [2.24, 2.45) is 7.05 Å². The first-order chi connectivity index (χ1) is 9.13. The minimum absolute atomic E-state index is 0.0309. The number of hydrogen-bond acceptors (Lipinski definition) is 3. The molecule has 0 unspecified atom stereocenters. The van der Waals surface area contributed by atoms with E-state index in [-0.39, 0.29) is 12.4 Å². The molecule has 100 valence electrons. The number of ketones is 1. The lowest BCUT2D eigenvalue weighted by atomic mass is 10.3. The van der Waals surface area contributed by atoms with E-state index in [2.05, 4.69) is 15.9 Å². The van der Waals surface area contributed by atoms with Crippen LogP contribution >= 0.6 is 15.9 Å². The third-order valence-corrected chi connectivity index (χ3v) is 3.35. The number of ether oxygens (including phenoxy) is 2. The highest BCUT2D eigenvalue weighted by molar-refractivity contribution is 9.10. The molecule has 0 atom stereocenters. The first-order valence-electron chi connectivity index (χ1n) is 5.73. The van der Waals surface area contributed by atoms with Crippen molar-refractivity contribution in [3.63, 3.8) is 0 Å². The van der Waals surface area contributed by atoms with Crippen LogP contribution in [0, 0.1) is 0 Å². The molecular formula is C14H14BrNO3. The number of rotatable bonds is 5. The highest BCUT2D eigenvalue weighted by Crippen LogP contribution is 2.34. The van der Waals surface area contributed by atoms with Gasteiger partial charge in [-0.2, -0.15) is 0 Å². The Labute approximate surface area is 120 Å². The Morgan fingerprint density at radius 3 is 2.74 bits per heavy atom. The van der Waals surface area contributed by atoms with Gasteiger partial charge in [-0.25, -0.2) is 0 Å². The summed E-state index contributed by atoms with van der Waals surface area (Å²) in [5.41, 5.74) is 0.617. The predicted molar refractivity (Wildman–Crippen MR) is 75.9 cm³/mol. The first-order valence-corrected chi connectivity index (χ1v) is 6.52. The molecule has 1 aromatic heterocycles. The van der Waals surface area contributed by atoms with Crippen LogP contribution in [0.3, 0.4) is 0 Å². The zero-order chi connectivity index (χ0) is 13.8. The lowest BCUT2D eigenvalue weighted by Gasteiger charge is -2.11. The highest BCUT2D eigenvalue weighted by Gasteiger charge is 2.13. The van der Waals surface area contributed by atoms with E-state index in [1.807, 2.05) is 31.4 Å². The van der Waals surface area contributed by atoms with Gasteiger partial charge < -0.3 is 14.0 Å². The second kappa shape index (κ2) is 5.93. The standard InChI is InChI=1S/C14H14BrNO3/c1-16-8-4-6-11(16)12(17)9-19-14-10(15)5-3-7-13(14)18-2/h3-8H,9H2,1-2H3. The normalized spacial score (nSPS) is 10.3. The second-order valence-electron chi connectivity index (χ2n) is 3.99. The fourth-order valence-electron chi connectivity index (χ4n) is 1.75. The highest BCUT2D eigenvalue weighted by atomic mass is 79.9. The lowest BCUT2D eigenvalue weighted by molar-refractivity contribution is 0.0911. The van der Waals surface area contributed by atoms with E-state index in [1.54, 1.807) is 23.8 Å². The van der Waals surface area contributed by atoms with Crippen LogP contribution in [0.1, 0.15) is 10.5 Å². The Morgan fingerprint density at radius 2 is 2.11 bits per heavy atom. The third kappa shape index (κ3) is 2.98. The number of benzene rings is 1. The monoisotopic (exact) mass is 323 g/mol. The Balaban J connectivity index is 2.11. The number of aryl methyl sites for hydroxylation is 1. The molecule has 19 heavy (non-hydrogen) atoms. The van der Waals surface area contributed by atoms with E-state index in [1.165, 1.54) is 0 Å². The van der Waals surface area contributed by atoms with Crippen LogP contribution in [-0.4, -0.2) is 24.1 Å². The van der Waals surface area contributed by atoms with Gasteiger partial charge in [0, 0.05) is 13.2 Å². The van der Waals surface area contributed by atoms with Crippen molar-refractivity contribution < 1.29 is 14.3 Å². The number of methoxy groups -OCH3 is 1. The van der Waals surface area contributed by atoms with Gasteiger partial charge in [-0.3, -0.25) is 4.79 Å². The summed E-state index contributed by atoms with van der Waals surface area (Å²) >= 11 is 3.38. The molecule has 0 spiro atoms. The van der Waals surface area contributed by atoms with Gasteiger partial charge in [0.25, 0.3) is 0 Å². The van der Waals surface area contributed by atoms with E-state index >= 15 is 0 Å². The molecule has 0 aliphatic carbocycles. The predicted octanol–water partition coefficient (Wildman–Crippen LogP) is 3.06. The maximum absolute atomic E-state index is 12.0. The topological polar surface area (TPSA) is 40.5 Å². The van der Waals surface area contributed by atoms with E-state index in [0.29, 0.717) is 17.2 Å². The van der Waals surface area contributed by atoms with Crippen LogP contribution in [0.15, 0.2) is 41.0 Å². The van der Waals surface area contributed by atoms with E-state index < -0.39 is 0 Å². The van der Waals surface area contributed by atoms with Crippen molar-refractivity contribution in [3.05, 3.63) is 46.7 Å². The molecular weight excluding hydrogens is 310 g/mol. The molecule has 0 saturated carbocycles. The summed E-state index contributed by atoms with van der Waals surface area (Å²) in [5, 5.41) is 0. The van der Waals surface area contributed by atoms with E-state index in [9.17, 15) is 4.79 Å². The smallest absolute Gasteiger partial charge is 0.216 e. The van der Waals surface area contributed by atoms with Gasteiger partial charge in [0.15, 0.2) is 18.1 Å². The summed E-state index contributed by atoms with van der Waals surface area (Å²) in [4.78, 5) is 12.0. The van der Waals surface area contributed by atoms with Crippen LogP contribution in [-0.2, 0) is 7.05 Å². The van der Waals surface area contributed by atoms with Gasteiger partial charge in [-0.1, -0.05) is 6.07 Å². The molecule has 0 radical (unpaired) electrons. The number of para-hydroxylation sites is 1. The summed E-state index contributed by atoms with van der Waals surface area (Å²) in [7, 11) is 3.39. The van der Waals surface area contributed by atoms with Crippen molar-refractivity contribution in [2.45, 2.75) is 0 Å². The van der Waals surface area contributed by atoms with Crippen LogP contribution in [0.2, 0.25) is 0 Å². The Bertz CT molecular complexity index is 592. The number of aromatic nitrogens is 1. The zero-order valence-corrected chi connectivity index (χ0v) is 12.3. The van der Waals surface area contributed by atoms with Crippen molar-refractivity contribution >= 4 is 21.7 Å². The first kappa shape index (κ1) is 13.7. The minimum atomic E-state index is -0.0784. The SMILES string of the molecule is COc1cccc(Br)c1OCC(=O)c1cccn1C. The number of halogens is 1. The molecule has 0 bridgehead atoms. The van der Waals surface area contributed by atoms with Crippen molar-refractivity contribution in [2.75, 3.05) is 13.7 Å².